The lowest BCUT2D eigenvalue weighted by Crippen LogP contribution is -2.14. The quantitative estimate of drug-likeness (QED) is 0.527. The van der Waals surface area contributed by atoms with Gasteiger partial charge in [0, 0.05) is 12.5 Å². The minimum Gasteiger partial charge on any atom is -0.481 e. The Kier molecular flexibility index (Phi) is 6.29. The lowest BCUT2D eigenvalue weighted by Gasteiger charge is -2.09. The average molecular weight is 412 g/mol. The summed E-state index contributed by atoms with van der Waals surface area (Å²) in [5.41, 5.74) is 1.13. The fraction of sp³-hybridized carbons (Fsp3) is 0.182. The number of carbonyl (C=O) groups is 1. The standard InChI is InChI=1S/C22H20O6S/c1-16-6-5-9-19(12-16)29(25,26)11-10-18-13-20(24)22(21(14-23)28-18)27-15-17-7-3-2-4-8-17/h2-9,12-14H,10-11,15H2,1H3. The smallest absolute Gasteiger partial charge is 0.227 e. The van der Waals surface area contributed by atoms with Crippen LogP contribution in [0.25, 0.3) is 0 Å². The van der Waals surface area contributed by atoms with Crippen LogP contribution >= 0.6 is 0 Å². The molecule has 0 spiro atoms. The van der Waals surface area contributed by atoms with Crippen LogP contribution in [0.4, 0.5) is 0 Å². The number of sulfone groups is 1. The molecule has 2 aromatic carbocycles. The first kappa shape index (κ1) is 20.5. The third-order valence-corrected chi connectivity index (χ3v) is 5.99. The molecule has 7 heteroatoms. The second kappa shape index (κ2) is 8.87. The average Bonchev–Trinajstić information content (AvgIpc) is 2.72. The van der Waals surface area contributed by atoms with Crippen LogP contribution in [0.2, 0.25) is 0 Å². The molecule has 0 saturated carbocycles. The van der Waals surface area contributed by atoms with Gasteiger partial charge in [-0.3, -0.25) is 9.59 Å². The zero-order valence-corrected chi connectivity index (χ0v) is 16.6. The van der Waals surface area contributed by atoms with Crippen LogP contribution in [0.5, 0.6) is 5.75 Å². The first-order valence-electron chi connectivity index (χ1n) is 8.97. The largest absolute Gasteiger partial charge is 0.481 e. The van der Waals surface area contributed by atoms with Gasteiger partial charge in [0.05, 0.1) is 10.6 Å². The van der Waals surface area contributed by atoms with E-state index in [1.807, 2.05) is 43.3 Å². The van der Waals surface area contributed by atoms with Crippen LogP contribution in [-0.2, 0) is 22.9 Å². The molecule has 3 rings (SSSR count). The van der Waals surface area contributed by atoms with E-state index in [0.717, 1.165) is 11.1 Å². The Morgan fingerprint density at radius 3 is 2.48 bits per heavy atom. The Hall–Kier alpha value is -3.19. The third-order valence-electron chi connectivity index (χ3n) is 4.28. The second-order valence-corrected chi connectivity index (χ2v) is 8.66. The fourth-order valence-electron chi connectivity index (χ4n) is 2.78. The van der Waals surface area contributed by atoms with Gasteiger partial charge in [0.15, 0.2) is 16.1 Å². The summed E-state index contributed by atoms with van der Waals surface area (Å²) in [4.78, 5) is 24.0. The lowest BCUT2D eigenvalue weighted by atomic mass is 10.2. The van der Waals surface area contributed by atoms with Crippen molar-refractivity contribution in [3.63, 3.8) is 0 Å². The van der Waals surface area contributed by atoms with Crippen molar-refractivity contribution < 1.29 is 22.4 Å². The monoisotopic (exact) mass is 412 g/mol. The van der Waals surface area contributed by atoms with Crippen molar-refractivity contribution in [2.75, 3.05) is 5.75 Å². The first-order chi connectivity index (χ1) is 13.9. The molecule has 0 atom stereocenters. The predicted molar refractivity (Wildman–Crippen MR) is 108 cm³/mol. The van der Waals surface area contributed by atoms with Crippen molar-refractivity contribution in [1.82, 2.24) is 0 Å². The van der Waals surface area contributed by atoms with Crippen LogP contribution in [0.3, 0.4) is 0 Å². The molecule has 6 nitrogen and oxygen atoms in total. The molecule has 0 aliphatic carbocycles. The van der Waals surface area contributed by atoms with Crippen LogP contribution in [0, 0.1) is 6.92 Å². The molecule has 3 aromatic rings. The normalized spacial score (nSPS) is 11.2. The number of aldehydes is 1. The molecule has 1 aromatic heterocycles. The SMILES string of the molecule is Cc1cccc(S(=O)(=O)CCc2cc(=O)c(OCc3ccccc3)c(C=O)o2)c1. The Morgan fingerprint density at radius 2 is 1.79 bits per heavy atom. The lowest BCUT2D eigenvalue weighted by molar-refractivity contribution is 0.108. The van der Waals surface area contributed by atoms with Gasteiger partial charge in [-0.05, 0) is 30.2 Å². The van der Waals surface area contributed by atoms with Crippen LogP contribution in [0.15, 0.2) is 74.8 Å². The van der Waals surface area contributed by atoms with Gasteiger partial charge < -0.3 is 9.15 Å². The maximum absolute atomic E-state index is 12.5. The molecule has 29 heavy (non-hydrogen) atoms. The molecule has 150 valence electrons. The summed E-state index contributed by atoms with van der Waals surface area (Å²) in [7, 11) is -3.55. The molecule has 0 amide bonds. The number of aryl methyl sites for hydroxylation is 2. The van der Waals surface area contributed by atoms with E-state index < -0.39 is 15.3 Å². The van der Waals surface area contributed by atoms with Crippen molar-refractivity contribution in [1.29, 1.82) is 0 Å². The number of hydrogen-bond donors (Lipinski definition) is 0. The number of ether oxygens (including phenoxy) is 1. The summed E-state index contributed by atoms with van der Waals surface area (Å²) in [5, 5.41) is 0. The van der Waals surface area contributed by atoms with E-state index in [-0.39, 0.29) is 40.9 Å². The van der Waals surface area contributed by atoms with Crippen molar-refractivity contribution in [2.24, 2.45) is 0 Å². The Balaban J connectivity index is 1.76. The van der Waals surface area contributed by atoms with Crippen molar-refractivity contribution in [2.45, 2.75) is 24.8 Å². The third kappa shape index (κ3) is 5.20. The molecule has 1 heterocycles. The maximum Gasteiger partial charge on any atom is 0.227 e. The Labute approximate surface area is 168 Å². The highest BCUT2D eigenvalue weighted by molar-refractivity contribution is 7.91. The number of hydrogen-bond acceptors (Lipinski definition) is 6. The van der Waals surface area contributed by atoms with Gasteiger partial charge >= 0.3 is 0 Å². The first-order valence-corrected chi connectivity index (χ1v) is 10.6. The van der Waals surface area contributed by atoms with Gasteiger partial charge in [-0.1, -0.05) is 42.5 Å². The fourth-order valence-corrected chi connectivity index (χ4v) is 4.14. The second-order valence-electron chi connectivity index (χ2n) is 6.55. The summed E-state index contributed by atoms with van der Waals surface area (Å²) < 4.78 is 35.9. The minimum absolute atomic E-state index is 0.0364. The molecule has 0 aliphatic heterocycles. The minimum atomic E-state index is -3.55. The number of rotatable bonds is 8. The molecule has 0 fully saturated rings. The summed E-state index contributed by atoms with van der Waals surface area (Å²) >= 11 is 0. The zero-order valence-electron chi connectivity index (χ0n) is 15.8. The van der Waals surface area contributed by atoms with Gasteiger partial charge in [0.2, 0.25) is 16.9 Å². The highest BCUT2D eigenvalue weighted by atomic mass is 32.2. The van der Waals surface area contributed by atoms with Crippen LogP contribution < -0.4 is 10.2 Å². The Morgan fingerprint density at radius 1 is 1.03 bits per heavy atom. The highest BCUT2D eigenvalue weighted by Crippen LogP contribution is 2.18. The van der Waals surface area contributed by atoms with Gasteiger partial charge in [-0.15, -0.1) is 0 Å². The highest BCUT2D eigenvalue weighted by Gasteiger charge is 2.18. The molecular weight excluding hydrogens is 392 g/mol. The molecule has 0 unspecified atom stereocenters. The molecule has 0 N–H and O–H groups in total. The van der Waals surface area contributed by atoms with Gasteiger partial charge in [0.1, 0.15) is 12.4 Å². The molecular formula is C22H20O6S. The summed E-state index contributed by atoms with van der Waals surface area (Å²) in [6.45, 7) is 1.91. The molecule has 0 aliphatic rings. The molecule has 0 radical (unpaired) electrons. The van der Waals surface area contributed by atoms with Gasteiger partial charge in [0.25, 0.3) is 0 Å². The summed E-state index contributed by atoms with van der Waals surface area (Å²) in [6.07, 6.45) is 0.353. The number of benzene rings is 2. The van der Waals surface area contributed by atoms with Gasteiger partial charge in [-0.2, -0.15) is 0 Å². The van der Waals surface area contributed by atoms with Crippen LogP contribution in [-0.4, -0.2) is 20.5 Å². The Bertz CT molecular complexity index is 1160. The number of carbonyl (C=O) groups excluding carboxylic acids is 1. The predicted octanol–water partition coefficient (Wildman–Crippen LogP) is 3.36. The van der Waals surface area contributed by atoms with E-state index in [0.29, 0.717) is 6.29 Å². The van der Waals surface area contributed by atoms with E-state index in [2.05, 4.69) is 0 Å². The maximum atomic E-state index is 12.5. The van der Waals surface area contributed by atoms with Crippen LogP contribution in [0.1, 0.15) is 27.4 Å². The molecule has 0 bridgehead atoms. The van der Waals surface area contributed by atoms with E-state index in [1.165, 1.54) is 12.1 Å². The van der Waals surface area contributed by atoms with E-state index in [9.17, 15) is 18.0 Å². The van der Waals surface area contributed by atoms with Gasteiger partial charge in [-0.25, -0.2) is 8.42 Å². The zero-order chi connectivity index (χ0) is 20.9. The van der Waals surface area contributed by atoms with E-state index in [4.69, 9.17) is 9.15 Å². The van der Waals surface area contributed by atoms with E-state index >= 15 is 0 Å². The molecule has 0 saturated heterocycles. The van der Waals surface area contributed by atoms with Crippen molar-refractivity contribution in [3.05, 3.63) is 93.5 Å². The van der Waals surface area contributed by atoms with Crippen molar-refractivity contribution in [3.8, 4) is 5.75 Å². The summed E-state index contributed by atoms with van der Waals surface area (Å²) in [5.74, 6) is -0.576. The van der Waals surface area contributed by atoms with Crippen molar-refractivity contribution >= 4 is 16.1 Å². The summed E-state index contributed by atoms with van der Waals surface area (Å²) in [6, 6.07) is 16.9. The van der Waals surface area contributed by atoms with E-state index in [1.54, 1.807) is 12.1 Å². The topological polar surface area (TPSA) is 90.6 Å².